The number of nitrogens with zero attached hydrogens (tertiary/aromatic N) is 1. The second kappa shape index (κ2) is 7.81. The third-order valence-electron chi connectivity index (χ3n) is 3.62. The van der Waals surface area contributed by atoms with Crippen molar-refractivity contribution in [3.05, 3.63) is 70.7 Å². The lowest BCUT2D eigenvalue weighted by Crippen LogP contribution is -2.14. The van der Waals surface area contributed by atoms with Crippen molar-refractivity contribution in [2.75, 3.05) is 11.1 Å². The van der Waals surface area contributed by atoms with E-state index in [0.717, 1.165) is 27.6 Å². The van der Waals surface area contributed by atoms with Crippen LogP contribution in [0.15, 0.2) is 54.6 Å². The number of nitrogen functional groups attached to an aromatic ring is 1. The lowest BCUT2D eigenvalue weighted by Gasteiger charge is -2.08. The number of hydrogen-bond acceptors (Lipinski definition) is 5. The molecule has 2 aromatic carbocycles. The van der Waals surface area contributed by atoms with Crippen LogP contribution in [0.2, 0.25) is 0 Å². The summed E-state index contributed by atoms with van der Waals surface area (Å²) in [6.45, 7) is 2.37. The van der Waals surface area contributed by atoms with Crippen LogP contribution in [0, 0.1) is 6.92 Å². The molecule has 5 nitrogen and oxygen atoms in total. The topological polar surface area (TPSA) is 77.2 Å². The molecule has 0 saturated heterocycles. The Bertz CT molecular complexity index is 845. The molecular formula is C19H19N3O2S. The summed E-state index contributed by atoms with van der Waals surface area (Å²) >= 11 is 1.35. The second-order valence-corrected chi connectivity index (χ2v) is 6.70. The van der Waals surface area contributed by atoms with Crippen LogP contribution >= 0.6 is 11.3 Å². The van der Waals surface area contributed by atoms with Crippen molar-refractivity contribution in [3.63, 3.8) is 0 Å². The molecule has 0 aliphatic rings. The van der Waals surface area contributed by atoms with Gasteiger partial charge < -0.3 is 15.8 Å². The third-order valence-corrected chi connectivity index (χ3v) is 4.60. The molecule has 0 fully saturated rings. The lowest BCUT2D eigenvalue weighted by atomic mass is 10.2. The quantitative estimate of drug-likeness (QED) is 0.707. The van der Waals surface area contributed by atoms with Crippen LogP contribution in [0.3, 0.4) is 0 Å². The number of carbonyl (C=O) groups excluding carboxylic acids is 1. The number of rotatable bonds is 6. The summed E-state index contributed by atoms with van der Waals surface area (Å²) in [7, 11) is 0. The first-order valence-corrected chi connectivity index (χ1v) is 8.70. The fourth-order valence-corrected chi connectivity index (χ4v) is 3.17. The highest BCUT2D eigenvalue weighted by Crippen LogP contribution is 2.21. The molecule has 0 bridgehead atoms. The number of aromatic nitrogens is 1. The van der Waals surface area contributed by atoms with E-state index in [1.165, 1.54) is 11.3 Å². The van der Waals surface area contributed by atoms with E-state index in [4.69, 9.17) is 10.5 Å². The Morgan fingerprint density at radius 2 is 1.88 bits per heavy atom. The van der Waals surface area contributed by atoms with Gasteiger partial charge in [-0.1, -0.05) is 30.3 Å². The number of aryl methyl sites for hydroxylation is 1. The molecule has 6 heteroatoms. The average molecular weight is 353 g/mol. The molecule has 1 heterocycles. The average Bonchev–Trinajstić information content (AvgIpc) is 2.92. The summed E-state index contributed by atoms with van der Waals surface area (Å²) in [6.07, 6.45) is 0.271. The minimum atomic E-state index is -0.0929. The molecular weight excluding hydrogens is 334 g/mol. The number of nitrogens with one attached hydrogen (secondary N) is 1. The lowest BCUT2D eigenvalue weighted by molar-refractivity contribution is -0.115. The van der Waals surface area contributed by atoms with Gasteiger partial charge in [-0.2, -0.15) is 0 Å². The van der Waals surface area contributed by atoms with E-state index in [1.807, 2.05) is 61.5 Å². The predicted octanol–water partition coefficient (Wildman–Crippen LogP) is 3.79. The fourth-order valence-electron chi connectivity index (χ4n) is 2.34. The second-order valence-electron chi connectivity index (χ2n) is 5.58. The molecule has 25 heavy (non-hydrogen) atoms. The molecule has 0 atom stereocenters. The Hall–Kier alpha value is -2.86. The molecule has 3 rings (SSSR count). The van der Waals surface area contributed by atoms with Crippen LogP contribution in [-0.2, 0) is 17.8 Å². The van der Waals surface area contributed by atoms with Crippen molar-refractivity contribution < 1.29 is 9.53 Å². The number of thiazole rings is 1. The standard InChI is InChI=1S/C19H19N3O2S/c1-13-17(25-19(20)21-13)11-18(23)22-15-7-9-16(10-8-15)24-12-14-5-3-2-4-6-14/h2-10H,11-12H2,1H3,(H2,20,21)(H,22,23). The smallest absolute Gasteiger partial charge is 0.229 e. The molecule has 0 unspecified atom stereocenters. The minimum Gasteiger partial charge on any atom is -0.489 e. The Morgan fingerprint density at radius 1 is 1.16 bits per heavy atom. The first kappa shape index (κ1) is 17.0. The number of amides is 1. The minimum absolute atomic E-state index is 0.0929. The fraction of sp³-hybridized carbons (Fsp3) is 0.158. The van der Waals surface area contributed by atoms with Crippen LogP contribution < -0.4 is 15.8 Å². The van der Waals surface area contributed by atoms with E-state index in [2.05, 4.69) is 10.3 Å². The number of benzene rings is 2. The third kappa shape index (κ3) is 4.81. The SMILES string of the molecule is Cc1nc(N)sc1CC(=O)Nc1ccc(OCc2ccccc2)cc1. The van der Waals surface area contributed by atoms with Gasteiger partial charge in [0.1, 0.15) is 12.4 Å². The molecule has 0 aliphatic carbocycles. The van der Waals surface area contributed by atoms with Gasteiger partial charge in [-0.3, -0.25) is 4.79 Å². The van der Waals surface area contributed by atoms with E-state index in [0.29, 0.717) is 11.7 Å². The van der Waals surface area contributed by atoms with Crippen molar-refractivity contribution in [2.45, 2.75) is 20.0 Å². The summed E-state index contributed by atoms with van der Waals surface area (Å²) in [6, 6.07) is 17.3. The van der Waals surface area contributed by atoms with E-state index in [1.54, 1.807) is 0 Å². The van der Waals surface area contributed by atoms with Crippen molar-refractivity contribution in [1.29, 1.82) is 0 Å². The van der Waals surface area contributed by atoms with Gasteiger partial charge in [0.05, 0.1) is 12.1 Å². The zero-order chi connectivity index (χ0) is 17.6. The van der Waals surface area contributed by atoms with Crippen molar-refractivity contribution in [2.24, 2.45) is 0 Å². The molecule has 0 aliphatic heterocycles. The van der Waals surface area contributed by atoms with Crippen LogP contribution in [0.25, 0.3) is 0 Å². The van der Waals surface area contributed by atoms with E-state index in [9.17, 15) is 4.79 Å². The van der Waals surface area contributed by atoms with E-state index < -0.39 is 0 Å². The Morgan fingerprint density at radius 3 is 2.52 bits per heavy atom. The highest BCUT2D eigenvalue weighted by atomic mass is 32.1. The zero-order valence-electron chi connectivity index (χ0n) is 13.9. The zero-order valence-corrected chi connectivity index (χ0v) is 14.7. The van der Waals surface area contributed by atoms with E-state index >= 15 is 0 Å². The highest BCUT2D eigenvalue weighted by Gasteiger charge is 2.11. The summed E-state index contributed by atoms with van der Waals surface area (Å²) in [5.74, 6) is 0.664. The van der Waals surface area contributed by atoms with Crippen LogP contribution in [0.5, 0.6) is 5.75 Å². The van der Waals surface area contributed by atoms with Gasteiger partial charge in [0.2, 0.25) is 5.91 Å². The summed E-state index contributed by atoms with van der Waals surface area (Å²) in [4.78, 5) is 17.1. The van der Waals surface area contributed by atoms with Crippen molar-refractivity contribution in [3.8, 4) is 5.75 Å². The molecule has 1 aromatic heterocycles. The van der Waals surface area contributed by atoms with Crippen LogP contribution in [0.1, 0.15) is 16.1 Å². The van der Waals surface area contributed by atoms with Gasteiger partial charge in [0.15, 0.2) is 5.13 Å². The van der Waals surface area contributed by atoms with Crippen molar-refractivity contribution in [1.82, 2.24) is 4.98 Å². The molecule has 3 N–H and O–H groups in total. The van der Waals surface area contributed by atoms with Gasteiger partial charge in [0, 0.05) is 10.6 Å². The Labute approximate surface area is 150 Å². The molecule has 3 aromatic rings. The normalized spacial score (nSPS) is 10.4. The first-order chi connectivity index (χ1) is 12.1. The summed E-state index contributed by atoms with van der Waals surface area (Å²) < 4.78 is 5.73. The molecule has 1 amide bonds. The monoisotopic (exact) mass is 353 g/mol. The number of anilines is 2. The maximum atomic E-state index is 12.1. The molecule has 0 spiro atoms. The van der Waals surface area contributed by atoms with Crippen molar-refractivity contribution >= 4 is 28.1 Å². The van der Waals surface area contributed by atoms with E-state index in [-0.39, 0.29) is 12.3 Å². The maximum Gasteiger partial charge on any atom is 0.229 e. The Kier molecular flexibility index (Phi) is 5.30. The Balaban J connectivity index is 1.53. The van der Waals surface area contributed by atoms with Crippen LogP contribution in [0.4, 0.5) is 10.8 Å². The molecule has 0 saturated carbocycles. The van der Waals surface area contributed by atoms with Gasteiger partial charge in [-0.05, 0) is 36.8 Å². The summed E-state index contributed by atoms with van der Waals surface area (Å²) in [5, 5.41) is 3.36. The number of hydrogen-bond donors (Lipinski definition) is 2. The maximum absolute atomic E-state index is 12.1. The molecule has 0 radical (unpaired) electrons. The van der Waals surface area contributed by atoms with Gasteiger partial charge >= 0.3 is 0 Å². The number of ether oxygens (including phenoxy) is 1. The predicted molar refractivity (Wildman–Crippen MR) is 101 cm³/mol. The van der Waals surface area contributed by atoms with Gasteiger partial charge in [0.25, 0.3) is 0 Å². The highest BCUT2D eigenvalue weighted by molar-refractivity contribution is 7.15. The number of carbonyl (C=O) groups is 1. The first-order valence-electron chi connectivity index (χ1n) is 7.88. The van der Waals surface area contributed by atoms with Gasteiger partial charge in [-0.25, -0.2) is 4.98 Å². The summed E-state index contributed by atoms with van der Waals surface area (Å²) in [5.41, 5.74) is 8.30. The molecule has 128 valence electrons. The van der Waals surface area contributed by atoms with Gasteiger partial charge in [-0.15, -0.1) is 11.3 Å². The largest absolute Gasteiger partial charge is 0.489 e. The van der Waals surface area contributed by atoms with Crippen LogP contribution in [-0.4, -0.2) is 10.9 Å². The number of nitrogens with two attached hydrogens (primary N) is 1.